The van der Waals surface area contributed by atoms with Crippen LogP contribution in [-0.4, -0.2) is 16.5 Å². The van der Waals surface area contributed by atoms with Gasteiger partial charge in [0.15, 0.2) is 0 Å². The molecule has 116 valence electrons. The number of amides is 2. The second-order valence-corrected chi connectivity index (χ2v) is 6.58. The van der Waals surface area contributed by atoms with Crippen LogP contribution >= 0.6 is 11.6 Å². The van der Waals surface area contributed by atoms with E-state index in [9.17, 15) is 9.00 Å². The number of halogens is 1. The Morgan fingerprint density at radius 2 is 1.68 bits per heavy atom. The smallest absolute Gasteiger partial charge is 0.315 e. The van der Waals surface area contributed by atoms with Crippen LogP contribution in [0, 0.1) is 0 Å². The van der Waals surface area contributed by atoms with Crippen LogP contribution in [0.25, 0.3) is 0 Å². The molecule has 2 amide bonds. The van der Waals surface area contributed by atoms with Crippen LogP contribution < -0.4 is 10.6 Å². The zero-order chi connectivity index (χ0) is 15.9. The van der Waals surface area contributed by atoms with E-state index in [4.69, 9.17) is 11.6 Å². The average Bonchev–Trinajstić information content (AvgIpc) is 2.51. The molecule has 0 radical (unpaired) electrons. The van der Waals surface area contributed by atoms with Gasteiger partial charge in [-0.05, 0) is 35.4 Å². The summed E-state index contributed by atoms with van der Waals surface area (Å²) in [6.45, 7) is 0.832. The van der Waals surface area contributed by atoms with Crippen LogP contribution in [-0.2, 0) is 23.9 Å². The topological polar surface area (TPSA) is 58.2 Å². The summed E-state index contributed by atoms with van der Waals surface area (Å²) in [5.74, 6) is 0. The third-order valence-electron chi connectivity index (χ3n) is 3.05. The Morgan fingerprint density at radius 3 is 2.27 bits per heavy atom. The molecular formula is C16H17ClN2O2S. The van der Waals surface area contributed by atoms with Gasteiger partial charge in [0.05, 0.1) is 0 Å². The van der Waals surface area contributed by atoms with Crippen LogP contribution in [0.4, 0.5) is 4.79 Å². The predicted molar refractivity (Wildman–Crippen MR) is 89.3 cm³/mol. The maximum Gasteiger partial charge on any atom is 0.315 e. The van der Waals surface area contributed by atoms with E-state index < -0.39 is 10.8 Å². The summed E-state index contributed by atoms with van der Waals surface area (Å²) in [5, 5.41) is 6.19. The molecule has 0 fully saturated rings. The second-order valence-electron chi connectivity index (χ2n) is 4.76. The number of rotatable bonds is 5. The van der Waals surface area contributed by atoms with E-state index in [0.29, 0.717) is 18.1 Å². The Labute approximate surface area is 137 Å². The van der Waals surface area contributed by atoms with Gasteiger partial charge in [-0.3, -0.25) is 4.21 Å². The standard InChI is InChI=1S/C16H17ClN2O2S/c1-22(21)15-7-5-12(6-8-15)10-18-16(20)19-11-13-3-2-4-14(17)9-13/h2-9H,10-11H2,1H3,(H2,18,19,20). The average molecular weight is 337 g/mol. The molecule has 2 N–H and O–H groups in total. The van der Waals surface area contributed by atoms with Gasteiger partial charge < -0.3 is 10.6 Å². The minimum Gasteiger partial charge on any atom is -0.334 e. The first kappa shape index (κ1) is 16.5. The molecule has 0 saturated carbocycles. The van der Waals surface area contributed by atoms with Crippen LogP contribution in [0.1, 0.15) is 11.1 Å². The van der Waals surface area contributed by atoms with Crippen molar-refractivity contribution in [2.24, 2.45) is 0 Å². The molecule has 0 aliphatic heterocycles. The SMILES string of the molecule is CS(=O)c1ccc(CNC(=O)NCc2cccc(Cl)c2)cc1. The summed E-state index contributed by atoms with van der Waals surface area (Å²) >= 11 is 5.89. The van der Waals surface area contributed by atoms with E-state index in [0.717, 1.165) is 16.0 Å². The van der Waals surface area contributed by atoms with Crippen molar-refractivity contribution in [3.05, 3.63) is 64.7 Å². The second kappa shape index (κ2) is 7.96. The maximum atomic E-state index is 11.7. The summed E-state index contributed by atoms with van der Waals surface area (Å²) in [4.78, 5) is 12.5. The van der Waals surface area contributed by atoms with Gasteiger partial charge in [0, 0.05) is 40.1 Å². The maximum absolute atomic E-state index is 11.7. The molecule has 2 aromatic rings. The molecule has 6 heteroatoms. The molecule has 2 rings (SSSR count). The molecule has 4 nitrogen and oxygen atoms in total. The fraction of sp³-hybridized carbons (Fsp3) is 0.188. The van der Waals surface area contributed by atoms with E-state index in [2.05, 4.69) is 10.6 Å². The first-order valence-electron chi connectivity index (χ1n) is 6.73. The molecule has 0 aliphatic rings. The zero-order valence-electron chi connectivity index (χ0n) is 12.1. The number of carbonyl (C=O) groups excluding carboxylic acids is 1. The summed E-state index contributed by atoms with van der Waals surface area (Å²) in [5.41, 5.74) is 1.89. The number of nitrogens with one attached hydrogen (secondary N) is 2. The number of urea groups is 1. The third-order valence-corrected chi connectivity index (χ3v) is 4.22. The van der Waals surface area contributed by atoms with Crippen LogP contribution in [0.15, 0.2) is 53.4 Å². The molecule has 2 aromatic carbocycles. The number of hydrogen-bond donors (Lipinski definition) is 2. The summed E-state index contributed by atoms with van der Waals surface area (Å²) in [6.07, 6.45) is 1.64. The van der Waals surface area contributed by atoms with Crippen molar-refractivity contribution >= 4 is 28.4 Å². The van der Waals surface area contributed by atoms with Crippen LogP contribution in [0.2, 0.25) is 5.02 Å². The molecule has 0 aliphatic carbocycles. The Morgan fingerprint density at radius 1 is 1.05 bits per heavy atom. The van der Waals surface area contributed by atoms with Gasteiger partial charge in [0.2, 0.25) is 0 Å². The van der Waals surface area contributed by atoms with Crippen molar-refractivity contribution in [3.8, 4) is 0 Å². The Bertz CT molecular complexity index is 674. The highest BCUT2D eigenvalue weighted by atomic mass is 35.5. The van der Waals surface area contributed by atoms with E-state index in [1.807, 2.05) is 30.3 Å². The molecule has 0 bridgehead atoms. The lowest BCUT2D eigenvalue weighted by Gasteiger charge is -2.08. The quantitative estimate of drug-likeness (QED) is 0.881. The monoisotopic (exact) mass is 336 g/mol. The Hall–Kier alpha value is -1.85. The van der Waals surface area contributed by atoms with Crippen LogP contribution in [0.3, 0.4) is 0 Å². The van der Waals surface area contributed by atoms with Crippen molar-refractivity contribution < 1.29 is 9.00 Å². The van der Waals surface area contributed by atoms with Crippen molar-refractivity contribution in [1.82, 2.24) is 10.6 Å². The van der Waals surface area contributed by atoms with E-state index in [1.54, 1.807) is 24.5 Å². The summed E-state index contributed by atoms with van der Waals surface area (Å²) in [7, 11) is -0.987. The number of hydrogen-bond acceptors (Lipinski definition) is 2. The highest BCUT2D eigenvalue weighted by molar-refractivity contribution is 7.84. The van der Waals surface area contributed by atoms with Gasteiger partial charge in [-0.2, -0.15) is 0 Å². The lowest BCUT2D eigenvalue weighted by molar-refractivity contribution is 0.240. The normalized spacial score (nSPS) is 11.7. The molecule has 0 heterocycles. The molecule has 22 heavy (non-hydrogen) atoms. The molecule has 1 atom stereocenters. The van der Waals surface area contributed by atoms with Gasteiger partial charge in [0.25, 0.3) is 0 Å². The fourth-order valence-corrected chi connectivity index (χ4v) is 2.61. The Balaban J connectivity index is 1.79. The Kier molecular flexibility index (Phi) is 5.98. The summed E-state index contributed by atoms with van der Waals surface area (Å²) < 4.78 is 11.3. The van der Waals surface area contributed by atoms with Crippen molar-refractivity contribution in [1.29, 1.82) is 0 Å². The molecule has 0 aromatic heterocycles. The van der Waals surface area contributed by atoms with Gasteiger partial charge in [-0.25, -0.2) is 4.79 Å². The number of carbonyl (C=O) groups is 1. The van der Waals surface area contributed by atoms with E-state index in [-0.39, 0.29) is 6.03 Å². The first-order valence-corrected chi connectivity index (χ1v) is 8.67. The third kappa shape index (κ3) is 5.16. The molecule has 0 saturated heterocycles. The fourth-order valence-electron chi connectivity index (χ4n) is 1.87. The van der Waals surface area contributed by atoms with Gasteiger partial charge in [0.1, 0.15) is 0 Å². The summed E-state index contributed by atoms with van der Waals surface area (Å²) in [6, 6.07) is 14.4. The highest BCUT2D eigenvalue weighted by Crippen LogP contribution is 2.10. The minimum atomic E-state index is -0.987. The number of benzene rings is 2. The van der Waals surface area contributed by atoms with Crippen molar-refractivity contribution in [2.75, 3.05) is 6.26 Å². The highest BCUT2D eigenvalue weighted by Gasteiger charge is 2.02. The van der Waals surface area contributed by atoms with Gasteiger partial charge in [-0.1, -0.05) is 35.9 Å². The van der Waals surface area contributed by atoms with E-state index in [1.165, 1.54) is 0 Å². The zero-order valence-corrected chi connectivity index (χ0v) is 13.7. The first-order chi connectivity index (χ1) is 10.5. The molecule has 1 unspecified atom stereocenters. The molecular weight excluding hydrogens is 320 g/mol. The van der Waals surface area contributed by atoms with Crippen molar-refractivity contribution in [2.45, 2.75) is 18.0 Å². The minimum absolute atomic E-state index is 0.247. The van der Waals surface area contributed by atoms with Crippen LogP contribution in [0.5, 0.6) is 0 Å². The predicted octanol–water partition coefficient (Wildman–Crippen LogP) is 3.08. The van der Waals surface area contributed by atoms with E-state index >= 15 is 0 Å². The largest absolute Gasteiger partial charge is 0.334 e. The van der Waals surface area contributed by atoms with Crippen molar-refractivity contribution in [3.63, 3.8) is 0 Å². The van der Waals surface area contributed by atoms with Gasteiger partial charge >= 0.3 is 6.03 Å². The lowest BCUT2D eigenvalue weighted by atomic mass is 10.2. The van der Waals surface area contributed by atoms with Gasteiger partial charge in [-0.15, -0.1) is 0 Å². The lowest BCUT2D eigenvalue weighted by Crippen LogP contribution is -2.34. The molecule has 0 spiro atoms.